The molecule has 0 unspecified atom stereocenters. The SMILES string of the molecule is O=C1CN=C(c2ccccc2Cl)c2cc([N+](=O)[O-])ccc2N1.[KH].[KH]. The molecule has 1 aliphatic heterocycles. The van der Waals surface area contributed by atoms with Gasteiger partial charge in [-0.25, -0.2) is 0 Å². The van der Waals surface area contributed by atoms with Gasteiger partial charge in [-0.05, 0) is 12.1 Å². The molecule has 114 valence electrons. The second-order valence-corrected chi connectivity index (χ2v) is 5.09. The summed E-state index contributed by atoms with van der Waals surface area (Å²) in [5.74, 6) is -0.280. The number of anilines is 1. The van der Waals surface area contributed by atoms with Crippen molar-refractivity contribution in [1.29, 1.82) is 0 Å². The fourth-order valence-electron chi connectivity index (χ4n) is 2.26. The van der Waals surface area contributed by atoms with Crippen molar-refractivity contribution < 1.29 is 9.72 Å². The minimum atomic E-state index is -0.489. The molecule has 24 heavy (non-hydrogen) atoms. The Kier molecular flexibility index (Phi) is 9.43. The van der Waals surface area contributed by atoms with Crippen LogP contribution in [0.2, 0.25) is 5.02 Å². The van der Waals surface area contributed by atoms with Gasteiger partial charge in [0.15, 0.2) is 0 Å². The Labute approximate surface area is 228 Å². The number of rotatable bonds is 2. The molecule has 1 aliphatic rings. The van der Waals surface area contributed by atoms with Gasteiger partial charge in [0, 0.05) is 28.3 Å². The van der Waals surface area contributed by atoms with E-state index in [1.807, 2.05) is 0 Å². The van der Waals surface area contributed by atoms with Crippen LogP contribution >= 0.6 is 11.6 Å². The van der Waals surface area contributed by atoms with E-state index in [2.05, 4.69) is 10.3 Å². The van der Waals surface area contributed by atoms with Crippen LogP contribution < -0.4 is 5.32 Å². The van der Waals surface area contributed by atoms with Crippen molar-refractivity contribution in [3.63, 3.8) is 0 Å². The Balaban J connectivity index is 0.00000144. The molecule has 1 amide bonds. The second-order valence-electron chi connectivity index (χ2n) is 4.68. The summed E-state index contributed by atoms with van der Waals surface area (Å²) >= 11 is 6.20. The third-order valence-electron chi connectivity index (χ3n) is 3.25. The summed E-state index contributed by atoms with van der Waals surface area (Å²) < 4.78 is 0. The quantitative estimate of drug-likeness (QED) is 0.477. The summed E-state index contributed by atoms with van der Waals surface area (Å²) in [6.45, 7) is -0.0664. The molecule has 2 aromatic carbocycles. The third kappa shape index (κ3) is 5.04. The van der Waals surface area contributed by atoms with E-state index in [1.165, 1.54) is 18.2 Å². The van der Waals surface area contributed by atoms with Crippen molar-refractivity contribution in [3.05, 3.63) is 68.7 Å². The van der Waals surface area contributed by atoms with Crippen LogP contribution in [0.15, 0.2) is 47.5 Å². The summed E-state index contributed by atoms with van der Waals surface area (Å²) in [5, 5.41) is 14.2. The molecule has 0 saturated carbocycles. The zero-order valence-electron chi connectivity index (χ0n) is 11.2. The number of non-ortho nitro benzene ring substituents is 1. The van der Waals surface area contributed by atoms with Gasteiger partial charge in [-0.1, -0.05) is 29.8 Å². The molecular formula is C15H12ClK2N3O3. The van der Waals surface area contributed by atoms with Gasteiger partial charge in [0.2, 0.25) is 5.91 Å². The van der Waals surface area contributed by atoms with Crippen LogP contribution in [0.25, 0.3) is 0 Å². The molecule has 6 nitrogen and oxygen atoms in total. The summed E-state index contributed by atoms with van der Waals surface area (Å²) in [5.41, 5.74) is 1.97. The number of nitro groups is 1. The van der Waals surface area contributed by atoms with Gasteiger partial charge in [-0.15, -0.1) is 0 Å². The van der Waals surface area contributed by atoms with E-state index in [0.717, 1.165) is 0 Å². The Morgan fingerprint density at radius 1 is 1.12 bits per heavy atom. The fourth-order valence-corrected chi connectivity index (χ4v) is 2.49. The van der Waals surface area contributed by atoms with E-state index in [-0.39, 0.29) is 121 Å². The van der Waals surface area contributed by atoms with Crippen molar-refractivity contribution in [1.82, 2.24) is 0 Å². The van der Waals surface area contributed by atoms with Crippen molar-refractivity contribution in [3.8, 4) is 0 Å². The Morgan fingerprint density at radius 2 is 1.83 bits per heavy atom. The maximum absolute atomic E-state index is 11.7. The predicted octanol–water partition coefficient (Wildman–Crippen LogP) is 1.74. The summed E-state index contributed by atoms with van der Waals surface area (Å²) in [6, 6.07) is 11.3. The molecule has 1 N–H and O–H groups in total. The molecule has 2 aromatic rings. The molecule has 0 atom stereocenters. The molecule has 9 heteroatoms. The molecular weight excluding hydrogens is 384 g/mol. The normalized spacial score (nSPS) is 12.5. The van der Waals surface area contributed by atoms with Crippen molar-refractivity contribution in [2.45, 2.75) is 0 Å². The van der Waals surface area contributed by atoms with E-state index in [0.29, 0.717) is 27.5 Å². The first-order chi connectivity index (χ1) is 10.6. The number of carbonyl (C=O) groups is 1. The van der Waals surface area contributed by atoms with Crippen molar-refractivity contribution in [2.75, 3.05) is 11.9 Å². The molecule has 0 aromatic heterocycles. The van der Waals surface area contributed by atoms with Gasteiger partial charge in [-0.2, -0.15) is 0 Å². The average molecular weight is 396 g/mol. The van der Waals surface area contributed by atoms with Gasteiger partial charge >= 0.3 is 103 Å². The van der Waals surface area contributed by atoms with Crippen molar-refractivity contribution in [2.24, 2.45) is 4.99 Å². The first-order valence-corrected chi connectivity index (χ1v) is 6.82. The monoisotopic (exact) mass is 395 g/mol. The molecule has 0 saturated heterocycles. The van der Waals surface area contributed by atoms with Crippen LogP contribution in [0.5, 0.6) is 0 Å². The molecule has 1 heterocycles. The van der Waals surface area contributed by atoms with Crippen LogP contribution in [-0.4, -0.2) is 126 Å². The molecule has 0 bridgehead atoms. The molecule has 0 fully saturated rings. The Hall–Kier alpha value is 0.543. The maximum atomic E-state index is 11.7. The minimum absolute atomic E-state index is 0. The van der Waals surface area contributed by atoms with E-state index in [9.17, 15) is 14.9 Å². The number of halogens is 1. The zero-order valence-corrected chi connectivity index (χ0v) is 12.0. The van der Waals surface area contributed by atoms with Crippen molar-refractivity contribution >= 4 is 137 Å². The Morgan fingerprint density at radius 3 is 2.50 bits per heavy atom. The average Bonchev–Trinajstić information content (AvgIpc) is 2.65. The first-order valence-electron chi connectivity index (χ1n) is 6.44. The van der Waals surface area contributed by atoms with E-state index in [4.69, 9.17) is 11.6 Å². The van der Waals surface area contributed by atoms with Crippen LogP contribution in [0.1, 0.15) is 11.1 Å². The Bertz CT molecular complexity index is 827. The number of fused-ring (bicyclic) bond motifs is 1. The first kappa shape index (κ1) is 22.6. The molecule has 3 rings (SSSR count). The van der Waals surface area contributed by atoms with Crippen LogP contribution in [0.3, 0.4) is 0 Å². The number of amides is 1. The van der Waals surface area contributed by atoms with Gasteiger partial charge in [-0.3, -0.25) is 19.9 Å². The molecule has 0 aliphatic carbocycles. The molecule has 0 spiro atoms. The number of carbonyl (C=O) groups excluding carboxylic acids is 1. The zero-order chi connectivity index (χ0) is 15.7. The van der Waals surface area contributed by atoms with Crippen LogP contribution in [0, 0.1) is 10.1 Å². The van der Waals surface area contributed by atoms with Crippen LogP contribution in [-0.2, 0) is 4.79 Å². The number of nitrogens with one attached hydrogen (secondary N) is 1. The van der Waals surface area contributed by atoms with Gasteiger partial charge in [0.25, 0.3) is 5.69 Å². The summed E-state index contributed by atoms with van der Waals surface area (Å²) in [4.78, 5) is 26.5. The van der Waals surface area contributed by atoms with Crippen LogP contribution in [0.4, 0.5) is 11.4 Å². The van der Waals surface area contributed by atoms with E-state index in [1.54, 1.807) is 24.3 Å². The van der Waals surface area contributed by atoms with Gasteiger partial charge in [0.05, 0.1) is 16.3 Å². The number of hydrogen-bond donors (Lipinski definition) is 1. The number of nitro benzene ring substituents is 1. The van der Waals surface area contributed by atoms with Gasteiger partial charge in [0.1, 0.15) is 6.54 Å². The van der Waals surface area contributed by atoms with E-state index < -0.39 is 4.92 Å². The number of benzene rings is 2. The fraction of sp³-hybridized carbons (Fsp3) is 0.0667. The number of nitrogens with zero attached hydrogens (tertiary/aromatic N) is 2. The van der Waals surface area contributed by atoms with Gasteiger partial charge < -0.3 is 5.32 Å². The number of aliphatic imine (C=N–C) groups is 1. The topological polar surface area (TPSA) is 84.6 Å². The predicted molar refractivity (Wildman–Crippen MR) is 98.0 cm³/mol. The van der Waals surface area contributed by atoms with E-state index >= 15 is 0 Å². The summed E-state index contributed by atoms with van der Waals surface area (Å²) in [7, 11) is 0. The standard InChI is InChI=1S/C15H10ClN3O3.2K.2H/c16-12-4-2-1-3-10(12)15-11-7-9(19(21)22)5-6-13(11)18-14(20)8-17-15;;;;/h1-7H,8H2,(H,18,20);;;;. The number of benzodiazepines with no additional fused rings is 1. The molecule has 0 radical (unpaired) electrons. The third-order valence-corrected chi connectivity index (χ3v) is 3.58. The second kappa shape index (κ2) is 10.0. The summed E-state index contributed by atoms with van der Waals surface area (Å²) in [6.07, 6.45) is 0. The number of hydrogen-bond acceptors (Lipinski definition) is 4.